The van der Waals surface area contributed by atoms with Crippen molar-refractivity contribution in [2.75, 3.05) is 26.2 Å². The van der Waals surface area contributed by atoms with Crippen molar-refractivity contribution in [3.63, 3.8) is 0 Å². The molecule has 1 heterocycles. The maximum absolute atomic E-state index is 6.18. The third-order valence-electron chi connectivity index (χ3n) is 5.16. The number of nitrogens with zero attached hydrogens (tertiary/aromatic N) is 1. The van der Waals surface area contributed by atoms with Gasteiger partial charge in [0.25, 0.3) is 0 Å². The Morgan fingerprint density at radius 1 is 1.20 bits per heavy atom. The van der Waals surface area contributed by atoms with Crippen molar-refractivity contribution in [2.24, 2.45) is 17.1 Å². The van der Waals surface area contributed by atoms with Crippen LogP contribution in [0.5, 0.6) is 0 Å². The molecule has 3 nitrogen and oxygen atoms in total. The maximum atomic E-state index is 6.18. The van der Waals surface area contributed by atoms with E-state index in [1.807, 2.05) is 0 Å². The van der Waals surface area contributed by atoms with Gasteiger partial charge in [-0.1, -0.05) is 33.6 Å². The van der Waals surface area contributed by atoms with Gasteiger partial charge in [-0.15, -0.1) is 12.4 Å². The Bertz CT molecular complexity index is 286. The number of piperidine rings is 1. The molecule has 3 unspecified atom stereocenters. The Hall–Kier alpha value is 0.170. The zero-order valence-electron chi connectivity index (χ0n) is 13.4. The first kappa shape index (κ1) is 18.2. The fourth-order valence-electron chi connectivity index (χ4n) is 3.54. The molecule has 0 radical (unpaired) electrons. The smallest absolute Gasteiger partial charge is 0.0601 e. The second-order valence-corrected chi connectivity index (χ2v) is 7.33. The molecule has 0 aromatic rings. The molecule has 3 atom stereocenters. The second-order valence-electron chi connectivity index (χ2n) is 7.33. The van der Waals surface area contributed by atoms with Crippen molar-refractivity contribution < 1.29 is 4.74 Å². The highest BCUT2D eigenvalue weighted by Gasteiger charge is 2.33. The summed E-state index contributed by atoms with van der Waals surface area (Å²) in [6.07, 6.45) is 6.97. The average molecular weight is 305 g/mol. The quantitative estimate of drug-likeness (QED) is 0.867. The topological polar surface area (TPSA) is 38.5 Å². The summed E-state index contributed by atoms with van der Waals surface area (Å²) in [6, 6.07) is 0.350. The summed E-state index contributed by atoms with van der Waals surface area (Å²) in [4.78, 5) is 2.52. The molecular weight excluding hydrogens is 272 g/mol. The molecule has 0 spiro atoms. The molecule has 2 fully saturated rings. The molecule has 0 aromatic heterocycles. The molecule has 2 N–H and O–H groups in total. The van der Waals surface area contributed by atoms with Crippen LogP contribution in [0.15, 0.2) is 0 Å². The first-order valence-electron chi connectivity index (χ1n) is 8.08. The lowest BCUT2D eigenvalue weighted by molar-refractivity contribution is -0.0222. The molecule has 120 valence electrons. The van der Waals surface area contributed by atoms with E-state index < -0.39 is 0 Å². The van der Waals surface area contributed by atoms with Crippen LogP contribution in [-0.2, 0) is 4.74 Å². The zero-order chi connectivity index (χ0) is 13.9. The minimum absolute atomic E-state index is 0. The number of likely N-dealkylation sites (tertiary alicyclic amines) is 1. The van der Waals surface area contributed by atoms with Crippen LogP contribution in [0.4, 0.5) is 0 Å². The van der Waals surface area contributed by atoms with Crippen LogP contribution in [0.2, 0.25) is 0 Å². The number of ether oxygens (including phenoxy) is 1. The first-order valence-corrected chi connectivity index (χ1v) is 8.08. The summed E-state index contributed by atoms with van der Waals surface area (Å²) in [5.74, 6) is 0.750. The predicted octanol–water partition coefficient (Wildman–Crippen LogP) is 3.06. The maximum Gasteiger partial charge on any atom is 0.0601 e. The highest BCUT2D eigenvalue weighted by atomic mass is 35.5. The summed E-state index contributed by atoms with van der Waals surface area (Å²) in [5.41, 5.74) is 6.43. The van der Waals surface area contributed by atoms with E-state index in [0.29, 0.717) is 12.1 Å². The van der Waals surface area contributed by atoms with Gasteiger partial charge in [0.05, 0.1) is 12.7 Å². The third-order valence-corrected chi connectivity index (χ3v) is 5.16. The molecule has 1 saturated carbocycles. The van der Waals surface area contributed by atoms with Gasteiger partial charge >= 0.3 is 0 Å². The summed E-state index contributed by atoms with van der Waals surface area (Å²) >= 11 is 0. The molecule has 0 amide bonds. The van der Waals surface area contributed by atoms with E-state index in [0.717, 1.165) is 38.6 Å². The summed E-state index contributed by atoms with van der Waals surface area (Å²) in [5, 5.41) is 0. The van der Waals surface area contributed by atoms with Crippen LogP contribution in [0.1, 0.15) is 52.9 Å². The predicted molar refractivity (Wildman–Crippen MR) is 87.4 cm³/mol. The van der Waals surface area contributed by atoms with E-state index in [1.54, 1.807) is 0 Å². The van der Waals surface area contributed by atoms with Gasteiger partial charge in [0.1, 0.15) is 0 Å². The van der Waals surface area contributed by atoms with Crippen LogP contribution < -0.4 is 5.73 Å². The van der Waals surface area contributed by atoms with Gasteiger partial charge in [0, 0.05) is 19.1 Å². The van der Waals surface area contributed by atoms with Crippen molar-refractivity contribution in [3.8, 4) is 0 Å². The first-order chi connectivity index (χ1) is 8.99. The Kier molecular flexibility index (Phi) is 7.27. The SMILES string of the molecule is CC1CCCCC1OCCN1CCC(N)C(C)(C)C1.Cl. The van der Waals surface area contributed by atoms with Crippen LogP contribution in [0.3, 0.4) is 0 Å². The summed E-state index contributed by atoms with van der Waals surface area (Å²) in [7, 11) is 0. The van der Waals surface area contributed by atoms with E-state index in [4.69, 9.17) is 10.5 Å². The van der Waals surface area contributed by atoms with Crippen molar-refractivity contribution >= 4 is 12.4 Å². The van der Waals surface area contributed by atoms with Crippen LogP contribution in [0.25, 0.3) is 0 Å². The molecule has 2 rings (SSSR count). The van der Waals surface area contributed by atoms with Crippen molar-refractivity contribution in [3.05, 3.63) is 0 Å². The lowest BCUT2D eigenvalue weighted by Crippen LogP contribution is -2.53. The third kappa shape index (κ3) is 4.87. The van der Waals surface area contributed by atoms with Crippen LogP contribution in [0, 0.1) is 11.3 Å². The van der Waals surface area contributed by atoms with Crippen molar-refractivity contribution in [2.45, 2.75) is 65.0 Å². The van der Waals surface area contributed by atoms with E-state index in [9.17, 15) is 0 Å². The Labute approximate surface area is 131 Å². The van der Waals surface area contributed by atoms with Gasteiger partial charge in [0.15, 0.2) is 0 Å². The fourth-order valence-corrected chi connectivity index (χ4v) is 3.54. The van der Waals surface area contributed by atoms with Gasteiger partial charge in [-0.2, -0.15) is 0 Å². The largest absolute Gasteiger partial charge is 0.377 e. The second kappa shape index (κ2) is 7.98. The number of hydrogen-bond donors (Lipinski definition) is 1. The van der Waals surface area contributed by atoms with Crippen molar-refractivity contribution in [1.29, 1.82) is 0 Å². The van der Waals surface area contributed by atoms with E-state index in [-0.39, 0.29) is 17.8 Å². The van der Waals surface area contributed by atoms with E-state index >= 15 is 0 Å². The molecule has 0 aromatic carbocycles. The Morgan fingerprint density at radius 3 is 2.55 bits per heavy atom. The lowest BCUT2D eigenvalue weighted by atomic mass is 9.80. The number of halogens is 1. The van der Waals surface area contributed by atoms with Gasteiger partial charge in [-0.3, -0.25) is 0 Å². The monoisotopic (exact) mass is 304 g/mol. The van der Waals surface area contributed by atoms with E-state index in [2.05, 4.69) is 25.7 Å². The summed E-state index contributed by atoms with van der Waals surface area (Å²) < 4.78 is 6.12. The fraction of sp³-hybridized carbons (Fsp3) is 1.00. The zero-order valence-corrected chi connectivity index (χ0v) is 14.3. The number of hydrogen-bond acceptors (Lipinski definition) is 3. The minimum Gasteiger partial charge on any atom is -0.377 e. The molecule has 1 aliphatic heterocycles. The number of rotatable bonds is 4. The molecule has 1 saturated heterocycles. The molecule has 20 heavy (non-hydrogen) atoms. The van der Waals surface area contributed by atoms with Crippen LogP contribution >= 0.6 is 12.4 Å². The minimum atomic E-state index is 0. The standard InChI is InChI=1S/C16H32N2O.ClH/c1-13-6-4-5-7-14(13)19-11-10-18-9-8-15(17)16(2,3)12-18;/h13-15H,4-12,17H2,1-3H3;1H. The molecule has 1 aliphatic carbocycles. The molecular formula is C16H33ClN2O. The molecule has 4 heteroatoms. The van der Waals surface area contributed by atoms with Gasteiger partial charge in [-0.25, -0.2) is 0 Å². The molecule has 2 aliphatic rings. The number of nitrogens with two attached hydrogens (primary N) is 1. The van der Waals surface area contributed by atoms with Gasteiger partial charge in [0.2, 0.25) is 0 Å². The highest BCUT2D eigenvalue weighted by Crippen LogP contribution is 2.28. The Morgan fingerprint density at radius 2 is 1.90 bits per heavy atom. The summed E-state index contributed by atoms with van der Waals surface area (Å²) in [6.45, 7) is 11.1. The Balaban J connectivity index is 0.00000200. The van der Waals surface area contributed by atoms with Crippen LogP contribution in [-0.4, -0.2) is 43.3 Å². The normalized spacial score (nSPS) is 34.5. The highest BCUT2D eigenvalue weighted by molar-refractivity contribution is 5.85. The molecule has 0 bridgehead atoms. The van der Waals surface area contributed by atoms with Crippen molar-refractivity contribution in [1.82, 2.24) is 4.90 Å². The van der Waals surface area contributed by atoms with Gasteiger partial charge in [-0.05, 0) is 37.1 Å². The van der Waals surface area contributed by atoms with Gasteiger partial charge < -0.3 is 15.4 Å². The average Bonchev–Trinajstić information content (AvgIpc) is 2.36. The lowest BCUT2D eigenvalue weighted by Gasteiger charge is -2.42. The van der Waals surface area contributed by atoms with E-state index in [1.165, 1.54) is 25.7 Å².